The molecule has 2 aromatic heterocycles. The molecular formula is C16H19N5. The summed E-state index contributed by atoms with van der Waals surface area (Å²) >= 11 is 0. The van der Waals surface area contributed by atoms with Crippen molar-refractivity contribution in [3.05, 3.63) is 47.7 Å². The van der Waals surface area contributed by atoms with E-state index in [1.165, 1.54) is 27.7 Å². The average Bonchev–Trinajstić information content (AvgIpc) is 3.13. The molecule has 0 atom stereocenters. The number of hydrogen-bond acceptors (Lipinski definition) is 3. The Morgan fingerprint density at radius 3 is 2.90 bits per heavy atom. The van der Waals surface area contributed by atoms with E-state index in [0.29, 0.717) is 0 Å². The van der Waals surface area contributed by atoms with Crippen LogP contribution in [-0.2, 0) is 19.5 Å². The van der Waals surface area contributed by atoms with Crippen LogP contribution in [0.4, 0.5) is 0 Å². The second-order valence-corrected chi connectivity index (χ2v) is 5.81. The minimum atomic E-state index is 0.948. The maximum Gasteiger partial charge on any atom is 0.119 e. The van der Waals surface area contributed by atoms with E-state index >= 15 is 0 Å². The molecule has 0 unspecified atom stereocenters. The maximum absolute atomic E-state index is 3.85. The van der Waals surface area contributed by atoms with Crippen molar-refractivity contribution in [1.29, 1.82) is 0 Å². The second-order valence-electron chi connectivity index (χ2n) is 5.81. The van der Waals surface area contributed by atoms with Crippen molar-refractivity contribution in [3.8, 4) is 0 Å². The van der Waals surface area contributed by atoms with Gasteiger partial charge in [0.2, 0.25) is 0 Å². The molecule has 3 aromatic rings. The average molecular weight is 281 g/mol. The zero-order valence-electron chi connectivity index (χ0n) is 12.2. The van der Waals surface area contributed by atoms with Crippen LogP contribution in [0.15, 0.2) is 30.9 Å². The number of fused-ring (bicyclic) bond motifs is 3. The molecule has 21 heavy (non-hydrogen) atoms. The van der Waals surface area contributed by atoms with Crippen molar-refractivity contribution in [2.45, 2.75) is 26.4 Å². The Hall–Kier alpha value is -2.14. The van der Waals surface area contributed by atoms with E-state index < -0.39 is 0 Å². The lowest BCUT2D eigenvalue weighted by Gasteiger charge is -2.27. The zero-order chi connectivity index (χ0) is 14.2. The Morgan fingerprint density at radius 1 is 1.19 bits per heavy atom. The molecule has 5 nitrogen and oxygen atoms in total. The van der Waals surface area contributed by atoms with Crippen molar-refractivity contribution in [1.82, 2.24) is 24.6 Å². The molecule has 1 aromatic carbocycles. The summed E-state index contributed by atoms with van der Waals surface area (Å²) < 4.78 is 2.04. The predicted molar refractivity (Wildman–Crippen MR) is 82.0 cm³/mol. The van der Waals surface area contributed by atoms with Crippen LogP contribution in [0.2, 0.25) is 0 Å². The normalized spacial score (nSPS) is 15.5. The quantitative estimate of drug-likeness (QED) is 0.800. The van der Waals surface area contributed by atoms with Crippen molar-refractivity contribution in [2.24, 2.45) is 0 Å². The molecule has 0 fully saturated rings. The third-order valence-electron chi connectivity index (χ3n) is 4.44. The number of aromatic nitrogens is 4. The summed E-state index contributed by atoms with van der Waals surface area (Å²) in [6, 6.07) is 6.57. The van der Waals surface area contributed by atoms with Gasteiger partial charge < -0.3 is 9.55 Å². The molecule has 3 heterocycles. The Bertz CT molecular complexity index is 756. The van der Waals surface area contributed by atoms with Crippen LogP contribution >= 0.6 is 0 Å². The number of para-hydroxylation sites is 1. The fraction of sp³-hybridized carbons (Fsp3) is 0.375. The standard InChI is InChI=1S/C16H19N5/c1-12-3-2-4-13-14-9-20(6-5-15(14)19-16(12)13)7-8-21-10-17-18-11-21/h2-4,10-11,19H,5-9H2,1H3. The lowest BCUT2D eigenvalue weighted by molar-refractivity contribution is 0.244. The van der Waals surface area contributed by atoms with Crippen LogP contribution in [0, 0.1) is 6.92 Å². The highest BCUT2D eigenvalue weighted by molar-refractivity contribution is 5.87. The molecule has 108 valence electrons. The topological polar surface area (TPSA) is 49.7 Å². The highest BCUT2D eigenvalue weighted by atomic mass is 15.2. The van der Waals surface area contributed by atoms with Gasteiger partial charge in [-0.15, -0.1) is 10.2 Å². The van der Waals surface area contributed by atoms with Gasteiger partial charge in [0.15, 0.2) is 0 Å². The van der Waals surface area contributed by atoms with Gasteiger partial charge in [-0.2, -0.15) is 0 Å². The van der Waals surface area contributed by atoms with E-state index in [1.54, 1.807) is 12.7 Å². The monoisotopic (exact) mass is 281 g/mol. The molecule has 0 amide bonds. The summed E-state index contributed by atoms with van der Waals surface area (Å²) in [4.78, 5) is 6.13. The van der Waals surface area contributed by atoms with Crippen LogP contribution in [0.3, 0.4) is 0 Å². The van der Waals surface area contributed by atoms with Gasteiger partial charge in [-0.25, -0.2) is 0 Å². The van der Waals surface area contributed by atoms with E-state index in [2.05, 4.69) is 45.2 Å². The molecule has 0 aliphatic carbocycles. The number of nitrogens with zero attached hydrogens (tertiary/aromatic N) is 4. The SMILES string of the molecule is Cc1cccc2c3c([nH]c12)CCN(CCn1cnnc1)C3. The van der Waals surface area contributed by atoms with E-state index in [4.69, 9.17) is 0 Å². The minimum absolute atomic E-state index is 0.948. The lowest BCUT2D eigenvalue weighted by Crippen LogP contribution is -2.32. The van der Waals surface area contributed by atoms with Crippen LogP contribution < -0.4 is 0 Å². The molecule has 0 saturated carbocycles. The Balaban J connectivity index is 1.56. The smallest absolute Gasteiger partial charge is 0.119 e. The third kappa shape index (κ3) is 2.23. The summed E-state index contributed by atoms with van der Waals surface area (Å²) in [6.07, 6.45) is 4.67. The summed E-state index contributed by atoms with van der Waals surface area (Å²) in [5.41, 5.74) is 5.53. The highest BCUT2D eigenvalue weighted by Crippen LogP contribution is 2.29. The van der Waals surface area contributed by atoms with Crippen LogP contribution in [-0.4, -0.2) is 37.7 Å². The molecule has 5 heteroatoms. The lowest BCUT2D eigenvalue weighted by atomic mass is 10.0. The molecule has 0 bridgehead atoms. The first-order chi connectivity index (χ1) is 10.3. The van der Waals surface area contributed by atoms with E-state index in [0.717, 1.165) is 32.6 Å². The molecule has 1 aliphatic heterocycles. The molecule has 0 saturated heterocycles. The van der Waals surface area contributed by atoms with Gasteiger partial charge in [0, 0.05) is 49.2 Å². The number of nitrogens with one attached hydrogen (secondary N) is 1. The number of rotatable bonds is 3. The van der Waals surface area contributed by atoms with Gasteiger partial charge in [-0.3, -0.25) is 4.90 Å². The first kappa shape index (κ1) is 12.6. The zero-order valence-corrected chi connectivity index (χ0v) is 12.2. The van der Waals surface area contributed by atoms with Crippen LogP contribution in [0.1, 0.15) is 16.8 Å². The van der Waals surface area contributed by atoms with Gasteiger partial charge >= 0.3 is 0 Å². The summed E-state index contributed by atoms with van der Waals surface area (Å²) in [6.45, 7) is 6.30. The van der Waals surface area contributed by atoms with Crippen LogP contribution in [0.5, 0.6) is 0 Å². The Morgan fingerprint density at radius 2 is 2.05 bits per heavy atom. The fourth-order valence-electron chi connectivity index (χ4n) is 3.23. The molecule has 1 aliphatic rings. The summed E-state index contributed by atoms with van der Waals surface area (Å²) in [5, 5.41) is 9.10. The van der Waals surface area contributed by atoms with Gasteiger partial charge in [-0.1, -0.05) is 18.2 Å². The summed E-state index contributed by atoms with van der Waals surface area (Å²) in [5.74, 6) is 0. The second kappa shape index (κ2) is 5.00. The van der Waals surface area contributed by atoms with Gasteiger partial charge in [0.25, 0.3) is 0 Å². The number of H-pyrrole nitrogens is 1. The maximum atomic E-state index is 3.85. The predicted octanol–water partition coefficient (Wildman–Crippen LogP) is 2.13. The van der Waals surface area contributed by atoms with Crippen LogP contribution in [0.25, 0.3) is 10.9 Å². The van der Waals surface area contributed by atoms with Gasteiger partial charge in [0.05, 0.1) is 0 Å². The largest absolute Gasteiger partial charge is 0.358 e. The molecule has 0 spiro atoms. The fourth-order valence-corrected chi connectivity index (χ4v) is 3.23. The van der Waals surface area contributed by atoms with Gasteiger partial charge in [0.1, 0.15) is 12.7 Å². The van der Waals surface area contributed by atoms with Crippen molar-refractivity contribution < 1.29 is 0 Å². The van der Waals surface area contributed by atoms with E-state index in [1.807, 2.05) is 4.57 Å². The third-order valence-corrected chi connectivity index (χ3v) is 4.44. The van der Waals surface area contributed by atoms with Crippen molar-refractivity contribution in [2.75, 3.05) is 13.1 Å². The Kier molecular flexibility index (Phi) is 3.00. The number of aryl methyl sites for hydroxylation is 1. The first-order valence-electron chi connectivity index (χ1n) is 7.45. The Labute approximate surface area is 123 Å². The van der Waals surface area contributed by atoms with E-state index in [-0.39, 0.29) is 0 Å². The molecule has 4 rings (SSSR count). The van der Waals surface area contributed by atoms with Crippen molar-refractivity contribution in [3.63, 3.8) is 0 Å². The molecule has 0 radical (unpaired) electrons. The number of benzene rings is 1. The number of aromatic amines is 1. The summed E-state index contributed by atoms with van der Waals surface area (Å²) in [7, 11) is 0. The van der Waals surface area contributed by atoms with Crippen molar-refractivity contribution >= 4 is 10.9 Å². The highest BCUT2D eigenvalue weighted by Gasteiger charge is 2.20. The van der Waals surface area contributed by atoms with Gasteiger partial charge in [-0.05, 0) is 18.1 Å². The van der Waals surface area contributed by atoms with E-state index in [9.17, 15) is 0 Å². The molecule has 1 N–H and O–H groups in total. The minimum Gasteiger partial charge on any atom is -0.358 e. The number of hydrogen-bond donors (Lipinski definition) is 1. The first-order valence-corrected chi connectivity index (χ1v) is 7.45. The molecular weight excluding hydrogens is 262 g/mol.